The second-order valence-electron chi connectivity index (χ2n) is 7.49. The van der Waals surface area contributed by atoms with E-state index in [9.17, 15) is 9.59 Å². The SMILES string of the molecule is NC1CC2CCCC(C1)C2NC(=O)c1ccc(=O)n(-c2ccccc2)n1. The number of nitrogens with zero attached hydrogens (tertiary/aromatic N) is 2. The standard InChI is InChI=1S/C20H24N4O2/c21-15-11-13-5-4-6-14(12-15)19(13)22-20(26)17-9-10-18(25)24(23-17)16-7-2-1-3-8-16/h1-3,7-10,13-15,19H,4-6,11-12,21H2,(H,22,26). The van der Waals surface area contributed by atoms with Gasteiger partial charge in [0.2, 0.25) is 0 Å². The summed E-state index contributed by atoms with van der Waals surface area (Å²) in [5, 5.41) is 7.47. The van der Waals surface area contributed by atoms with Crippen molar-refractivity contribution in [2.24, 2.45) is 17.6 Å². The van der Waals surface area contributed by atoms with Gasteiger partial charge >= 0.3 is 0 Å². The number of nitrogens with one attached hydrogen (secondary N) is 1. The predicted molar refractivity (Wildman–Crippen MR) is 99.1 cm³/mol. The molecule has 1 aromatic heterocycles. The number of rotatable bonds is 3. The summed E-state index contributed by atoms with van der Waals surface area (Å²) >= 11 is 0. The second kappa shape index (κ2) is 7.03. The van der Waals surface area contributed by atoms with Crippen LogP contribution in [0.2, 0.25) is 0 Å². The van der Waals surface area contributed by atoms with Crippen molar-refractivity contribution in [3.8, 4) is 5.69 Å². The van der Waals surface area contributed by atoms with Gasteiger partial charge in [0.15, 0.2) is 0 Å². The average molecular weight is 352 g/mol. The van der Waals surface area contributed by atoms with Gasteiger partial charge in [0.25, 0.3) is 11.5 Å². The van der Waals surface area contributed by atoms with Crippen molar-refractivity contribution >= 4 is 5.91 Å². The molecule has 2 fully saturated rings. The Balaban J connectivity index is 1.56. The highest BCUT2D eigenvalue weighted by Gasteiger charge is 2.40. The van der Waals surface area contributed by atoms with E-state index >= 15 is 0 Å². The van der Waals surface area contributed by atoms with Crippen molar-refractivity contribution in [1.82, 2.24) is 15.1 Å². The maximum absolute atomic E-state index is 12.8. The zero-order valence-corrected chi connectivity index (χ0v) is 14.7. The Morgan fingerprint density at radius 2 is 1.77 bits per heavy atom. The van der Waals surface area contributed by atoms with Crippen molar-refractivity contribution in [3.05, 3.63) is 58.5 Å². The molecule has 1 aromatic carbocycles. The number of carbonyl (C=O) groups excluding carboxylic acids is 1. The van der Waals surface area contributed by atoms with E-state index in [0.717, 1.165) is 25.7 Å². The fourth-order valence-electron chi connectivity index (χ4n) is 4.54. The molecule has 0 radical (unpaired) electrons. The first-order valence-corrected chi connectivity index (χ1v) is 9.34. The first-order chi connectivity index (χ1) is 12.6. The Morgan fingerprint density at radius 3 is 2.46 bits per heavy atom. The summed E-state index contributed by atoms with van der Waals surface area (Å²) in [6, 6.07) is 12.4. The molecule has 26 heavy (non-hydrogen) atoms. The van der Waals surface area contributed by atoms with Gasteiger partial charge < -0.3 is 11.1 Å². The number of aromatic nitrogens is 2. The molecule has 1 amide bonds. The van der Waals surface area contributed by atoms with Crippen LogP contribution in [-0.4, -0.2) is 27.8 Å². The van der Waals surface area contributed by atoms with Crippen LogP contribution in [0.25, 0.3) is 5.69 Å². The minimum Gasteiger partial charge on any atom is -0.347 e. The van der Waals surface area contributed by atoms with Gasteiger partial charge in [0.1, 0.15) is 5.69 Å². The number of para-hydroxylation sites is 1. The summed E-state index contributed by atoms with van der Waals surface area (Å²) in [5.41, 5.74) is 6.82. The van der Waals surface area contributed by atoms with Crippen molar-refractivity contribution in [1.29, 1.82) is 0 Å². The van der Waals surface area contributed by atoms with E-state index in [-0.39, 0.29) is 29.2 Å². The summed E-state index contributed by atoms with van der Waals surface area (Å²) in [4.78, 5) is 24.9. The molecular weight excluding hydrogens is 328 g/mol. The highest BCUT2D eigenvalue weighted by atomic mass is 16.2. The molecule has 2 atom stereocenters. The number of hydrogen-bond donors (Lipinski definition) is 2. The molecule has 0 aliphatic heterocycles. The molecule has 2 bridgehead atoms. The van der Waals surface area contributed by atoms with Crippen LogP contribution in [0, 0.1) is 11.8 Å². The number of hydrogen-bond acceptors (Lipinski definition) is 4. The van der Waals surface area contributed by atoms with Gasteiger partial charge in [-0.05, 0) is 55.7 Å². The maximum Gasteiger partial charge on any atom is 0.271 e. The van der Waals surface area contributed by atoms with E-state index in [1.165, 1.54) is 23.2 Å². The zero-order chi connectivity index (χ0) is 18.1. The molecule has 2 saturated carbocycles. The van der Waals surface area contributed by atoms with E-state index in [1.54, 1.807) is 12.1 Å². The third-order valence-corrected chi connectivity index (χ3v) is 5.71. The van der Waals surface area contributed by atoms with Crippen LogP contribution in [0.3, 0.4) is 0 Å². The minimum atomic E-state index is -0.256. The number of nitrogens with two attached hydrogens (primary N) is 1. The van der Waals surface area contributed by atoms with Crippen LogP contribution < -0.4 is 16.6 Å². The average Bonchev–Trinajstić information content (AvgIpc) is 2.63. The Kier molecular flexibility index (Phi) is 4.59. The topological polar surface area (TPSA) is 90.0 Å². The first-order valence-electron chi connectivity index (χ1n) is 9.34. The second-order valence-corrected chi connectivity index (χ2v) is 7.49. The van der Waals surface area contributed by atoms with E-state index in [4.69, 9.17) is 5.73 Å². The minimum absolute atomic E-state index is 0.162. The Labute approximate surface area is 152 Å². The molecular formula is C20H24N4O2. The van der Waals surface area contributed by atoms with E-state index < -0.39 is 0 Å². The highest BCUT2D eigenvalue weighted by molar-refractivity contribution is 5.92. The van der Waals surface area contributed by atoms with Crippen LogP contribution >= 0.6 is 0 Å². The van der Waals surface area contributed by atoms with Crippen molar-refractivity contribution in [3.63, 3.8) is 0 Å². The van der Waals surface area contributed by atoms with Gasteiger partial charge in [0, 0.05) is 18.2 Å². The van der Waals surface area contributed by atoms with Crippen molar-refractivity contribution in [2.45, 2.75) is 44.2 Å². The fourth-order valence-corrected chi connectivity index (χ4v) is 4.54. The van der Waals surface area contributed by atoms with Gasteiger partial charge in [-0.15, -0.1) is 0 Å². The molecule has 4 rings (SSSR count). The van der Waals surface area contributed by atoms with E-state index in [2.05, 4.69) is 10.4 Å². The summed E-state index contributed by atoms with van der Waals surface area (Å²) in [6.45, 7) is 0. The lowest BCUT2D eigenvalue weighted by Crippen LogP contribution is -2.53. The molecule has 6 heteroatoms. The molecule has 1 heterocycles. The van der Waals surface area contributed by atoms with Crippen LogP contribution in [0.4, 0.5) is 0 Å². The predicted octanol–water partition coefficient (Wildman–Crippen LogP) is 1.87. The highest BCUT2D eigenvalue weighted by Crippen LogP contribution is 2.39. The van der Waals surface area contributed by atoms with Gasteiger partial charge in [-0.3, -0.25) is 9.59 Å². The smallest absolute Gasteiger partial charge is 0.271 e. The molecule has 2 aromatic rings. The van der Waals surface area contributed by atoms with Crippen LogP contribution in [0.15, 0.2) is 47.3 Å². The molecule has 136 valence electrons. The molecule has 0 saturated heterocycles. The molecule has 2 aliphatic carbocycles. The molecule has 2 aliphatic rings. The number of carbonyl (C=O) groups is 1. The van der Waals surface area contributed by atoms with Crippen LogP contribution in [0.1, 0.15) is 42.6 Å². The van der Waals surface area contributed by atoms with Gasteiger partial charge in [0.05, 0.1) is 5.69 Å². The Bertz CT molecular complexity index is 834. The number of amides is 1. The van der Waals surface area contributed by atoms with Gasteiger partial charge in [-0.25, -0.2) is 0 Å². The summed E-state index contributed by atoms with van der Waals surface area (Å²) in [6.07, 6.45) is 5.39. The zero-order valence-electron chi connectivity index (χ0n) is 14.7. The molecule has 6 nitrogen and oxygen atoms in total. The van der Waals surface area contributed by atoms with Gasteiger partial charge in [-0.2, -0.15) is 9.78 Å². The third kappa shape index (κ3) is 3.29. The monoisotopic (exact) mass is 352 g/mol. The normalized spacial score (nSPS) is 27.7. The lowest BCUT2D eigenvalue weighted by molar-refractivity contribution is 0.0750. The number of benzene rings is 1. The van der Waals surface area contributed by atoms with E-state index in [0.29, 0.717) is 17.5 Å². The summed E-state index contributed by atoms with van der Waals surface area (Å²) in [7, 11) is 0. The summed E-state index contributed by atoms with van der Waals surface area (Å²) in [5.74, 6) is 0.676. The lowest BCUT2D eigenvalue weighted by Gasteiger charge is -2.45. The maximum atomic E-state index is 12.8. The lowest BCUT2D eigenvalue weighted by atomic mass is 9.67. The molecule has 2 unspecified atom stereocenters. The van der Waals surface area contributed by atoms with Crippen LogP contribution in [0.5, 0.6) is 0 Å². The fraction of sp³-hybridized carbons (Fsp3) is 0.450. The Hall–Kier alpha value is -2.47. The Morgan fingerprint density at radius 1 is 1.08 bits per heavy atom. The van der Waals surface area contributed by atoms with Crippen molar-refractivity contribution in [2.75, 3.05) is 0 Å². The largest absolute Gasteiger partial charge is 0.347 e. The van der Waals surface area contributed by atoms with E-state index in [1.807, 2.05) is 18.2 Å². The first kappa shape index (κ1) is 17.0. The molecule has 3 N–H and O–H groups in total. The quantitative estimate of drug-likeness (QED) is 0.882. The van der Waals surface area contributed by atoms with Crippen molar-refractivity contribution < 1.29 is 4.79 Å². The van der Waals surface area contributed by atoms with Crippen LogP contribution in [-0.2, 0) is 0 Å². The summed E-state index contributed by atoms with van der Waals surface area (Å²) < 4.78 is 1.27. The van der Waals surface area contributed by atoms with Gasteiger partial charge in [-0.1, -0.05) is 24.6 Å². The number of fused-ring (bicyclic) bond motifs is 2. The third-order valence-electron chi connectivity index (χ3n) is 5.71. The molecule has 0 spiro atoms.